The molecule has 0 amide bonds. The van der Waals surface area contributed by atoms with Gasteiger partial charge in [-0.15, -0.1) is 0 Å². The highest BCUT2D eigenvalue weighted by atomic mass is 16.5. The number of fused-ring (bicyclic) bond motifs is 2. The summed E-state index contributed by atoms with van der Waals surface area (Å²) in [7, 11) is 0. The molecule has 2 saturated heterocycles. The Kier molecular flexibility index (Phi) is 1.52. The second kappa shape index (κ2) is 2.20. The molecule has 2 nitrogen and oxygen atoms in total. The molecule has 0 radical (unpaired) electrons. The minimum Gasteiger partial charge on any atom is -0.380 e. The van der Waals surface area contributed by atoms with E-state index in [1.807, 2.05) is 0 Å². The van der Waals surface area contributed by atoms with Gasteiger partial charge in [0.2, 0.25) is 0 Å². The summed E-state index contributed by atoms with van der Waals surface area (Å²) >= 11 is 0. The smallest absolute Gasteiger partial charge is 0.0540 e. The number of rotatable bonds is 1. The van der Waals surface area contributed by atoms with Gasteiger partial charge in [0.1, 0.15) is 0 Å². The highest BCUT2D eigenvalue weighted by molar-refractivity contribution is 5.08. The lowest BCUT2D eigenvalue weighted by atomic mass is 9.52. The molecule has 2 N–H and O–H groups in total. The molecule has 2 bridgehead atoms. The van der Waals surface area contributed by atoms with E-state index in [1.165, 1.54) is 6.42 Å². The predicted octanol–water partition coefficient (Wildman–Crippen LogP) is 1.01. The highest BCUT2D eigenvalue weighted by Gasteiger charge is 2.56. The van der Waals surface area contributed by atoms with Crippen LogP contribution in [0.2, 0.25) is 0 Å². The summed E-state index contributed by atoms with van der Waals surface area (Å²) in [5.74, 6) is 1.33. The van der Waals surface area contributed by atoms with E-state index in [9.17, 15) is 0 Å². The molecule has 2 aliphatic heterocycles. The minimum absolute atomic E-state index is 0.336. The van der Waals surface area contributed by atoms with Gasteiger partial charge in [0.05, 0.1) is 13.2 Å². The first-order chi connectivity index (χ1) is 5.17. The zero-order chi connectivity index (χ0) is 8.06. The largest absolute Gasteiger partial charge is 0.380 e. The number of ether oxygens (including phenoxy) is 1. The van der Waals surface area contributed by atoms with Gasteiger partial charge in [-0.2, -0.15) is 0 Å². The SMILES string of the molecule is CC(C)C12COCC(C1)C2N. The maximum atomic E-state index is 6.08. The zero-order valence-corrected chi connectivity index (χ0v) is 7.34. The molecule has 0 aromatic rings. The van der Waals surface area contributed by atoms with Gasteiger partial charge in [-0.25, -0.2) is 0 Å². The van der Waals surface area contributed by atoms with Crippen LogP contribution in [0, 0.1) is 17.3 Å². The number of hydrogen-bond donors (Lipinski definition) is 1. The standard InChI is InChI=1S/C9H17NO/c1-6(2)9-3-7(8(9)10)4-11-5-9/h6-8H,3-5,10H2,1-2H3. The summed E-state index contributed by atoms with van der Waals surface area (Å²) in [6.07, 6.45) is 1.30. The van der Waals surface area contributed by atoms with Crippen molar-refractivity contribution >= 4 is 0 Å². The molecule has 2 heterocycles. The van der Waals surface area contributed by atoms with Crippen LogP contribution >= 0.6 is 0 Å². The molecular formula is C9H17NO. The second-order valence-electron chi connectivity index (χ2n) is 4.39. The van der Waals surface area contributed by atoms with Gasteiger partial charge in [-0.05, 0) is 18.3 Å². The molecule has 2 heteroatoms. The third-order valence-corrected chi connectivity index (χ3v) is 3.67. The highest BCUT2D eigenvalue weighted by Crippen LogP contribution is 2.53. The van der Waals surface area contributed by atoms with Crippen molar-refractivity contribution in [2.75, 3.05) is 13.2 Å². The van der Waals surface area contributed by atoms with E-state index in [4.69, 9.17) is 10.5 Å². The lowest BCUT2D eigenvalue weighted by Gasteiger charge is -2.59. The van der Waals surface area contributed by atoms with E-state index in [1.54, 1.807) is 0 Å². The van der Waals surface area contributed by atoms with Crippen molar-refractivity contribution in [3.8, 4) is 0 Å². The van der Waals surface area contributed by atoms with Gasteiger partial charge in [-0.1, -0.05) is 13.8 Å². The first-order valence-electron chi connectivity index (χ1n) is 4.50. The Bertz CT molecular complexity index is 165. The molecular weight excluding hydrogens is 138 g/mol. The Labute approximate surface area is 68.1 Å². The second-order valence-corrected chi connectivity index (χ2v) is 4.39. The first kappa shape index (κ1) is 7.56. The van der Waals surface area contributed by atoms with Gasteiger partial charge >= 0.3 is 0 Å². The summed E-state index contributed by atoms with van der Waals surface area (Å²) in [4.78, 5) is 0. The van der Waals surface area contributed by atoms with Crippen LogP contribution in [0.15, 0.2) is 0 Å². The summed E-state index contributed by atoms with van der Waals surface area (Å²) in [5.41, 5.74) is 6.42. The number of nitrogens with two attached hydrogens (primary N) is 1. The monoisotopic (exact) mass is 155 g/mol. The van der Waals surface area contributed by atoms with E-state index in [0.717, 1.165) is 13.2 Å². The van der Waals surface area contributed by atoms with Crippen LogP contribution in [0.4, 0.5) is 0 Å². The van der Waals surface area contributed by atoms with Gasteiger partial charge < -0.3 is 10.5 Å². The third-order valence-electron chi connectivity index (χ3n) is 3.67. The van der Waals surface area contributed by atoms with Crippen LogP contribution in [0.3, 0.4) is 0 Å². The van der Waals surface area contributed by atoms with Gasteiger partial charge in [0.25, 0.3) is 0 Å². The van der Waals surface area contributed by atoms with Gasteiger partial charge in [0, 0.05) is 11.5 Å². The average molecular weight is 155 g/mol. The van der Waals surface area contributed by atoms with Crippen molar-refractivity contribution in [1.29, 1.82) is 0 Å². The summed E-state index contributed by atoms with van der Waals surface area (Å²) in [6.45, 7) is 6.30. The first-order valence-corrected chi connectivity index (χ1v) is 4.50. The van der Waals surface area contributed by atoms with Crippen LogP contribution < -0.4 is 5.73 Å². The van der Waals surface area contributed by atoms with E-state index in [2.05, 4.69) is 13.8 Å². The van der Waals surface area contributed by atoms with E-state index in [0.29, 0.717) is 23.3 Å². The molecule has 3 aliphatic rings. The van der Waals surface area contributed by atoms with E-state index < -0.39 is 0 Å². The molecule has 0 aromatic carbocycles. The van der Waals surface area contributed by atoms with E-state index in [-0.39, 0.29) is 0 Å². The van der Waals surface area contributed by atoms with Gasteiger partial charge in [0.15, 0.2) is 0 Å². The van der Waals surface area contributed by atoms with Crippen molar-refractivity contribution in [3.05, 3.63) is 0 Å². The molecule has 3 unspecified atom stereocenters. The van der Waals surface area contributed by atoms with Crippen molar-refractivity contribution in [2.45, 2.75) is 26.3 Å². The molecule has 3 rings (SSSR count). The fourth-order valence-electron chi connectivity index (χ4n) is 2.57. The quantitative estimate of drug-likeness (QED) is 0.613. The maximum absolute atomic E-state index is 6.08. The third kappa shape index (κ3) is 0.798. The number of hydrogen-bond acceptors (Lipinski definition) is 2. The zero-order valence-electron chi connectivity index (χ0n) is 7.34. The molecule has 3 atom stereocenters. The van der Waals surface area contributed by atoms with Crippen LogP contribution in [0.1, 0.15) is 20.3 Å². The Morgan fingerprint density at radius 2 is 2.27 bits per heavy atom. The normalized spacial score (nSPS) is 49.1. The molecule has 3 fully saturated rings. The molecule has 1 saturated carbocycles. The van der Waals surface area contributed by atoms with Crippen molar-refractivity contribution in [1.82, 2.24) is 0 Å². The molecule has 11 heavy (non-hydrogen) atoms. The lowest BCUT2D eigenvalue weighted by molar-refractivity contribution is -0.171. The van der Waals surface area contributed by atoms with Gasteiger partial charge in [-0.3, -0.25) is 0 Å². The lowest BCUT2D eigenvalue weighted by Crippen LogP contribution is -2.67. The topological polar surface area (TPSA) is 35.2 Å². The Morgan fingerprint density at radius 3 is 2.64 bits per heavy atom. The van der Waals surface area contributed by atoms with E-state index >= 15 is 0 Å². The fourth-order valence-corrected chi connectivity index (χ4v) is 2.57. The fraction of sp³-hybridized carbons (Fsp3) is 1.00. The Hall–Kier alpha value is -0.0800. The summed E-state index contributed by atoms with van der Waals surface area (Å²) in [6, 6.07) is 0.413. The van der Waals surface area contributed by atoms with Crippen molar-refractivity contribution in [2.24, 2.45) is 23.0 Å². The van der Waals surface area contributed by atoms with Crippen LogP contribution in [0.5, 0.6) is 0 Å². The summed E-state index contributed by atoms with van der Waals surface area (Å²) in [5, 5.41) is 0. The minimum atomic E-state index is 0.336. The maximum Gasteiger partial charge on any atom is 0.0540 e. The average Bonchev–Trinajstić information content (AvgIpc) is 2.04. The van der Waals surface area contributed by atoms with Crippen LogP contribution in [0.25, 0.3) is 0 Å². The molecule has 64 valence electrons. The molecule has 0 aromatic heterocycles. The summed E-state index contributed by atoms with van der Waals surface area (Å²) < 4.78 is 5.49. The molecule has 0 spiro atoms. The predicted molar refractivity (Wildman–Crippen MR) is 44.2 cm³/mol. The Balaban J connectivity index is 2.14. The Morgan fingerprint density at radius 1 is 1.55 bits per heavy atom. The van der Waals surface area contributed by atoms with Crippen LogP contribution in [-0.4, -0.2) is 19.3 Å². The van der Waals surface area contributed by atoms with Crippen molar-refractivity contribution in [3.63, 3.8) is 0 Å². The van der Waals surface area contributed by atoms with Crippen molar-refractivity contribution < 1.29 is 4.74 Å². The van der Waals surface area contributed by atoms with Crippen LogP contribution in [-0.2, 0) is 4.74 Å². The molecule has 1 aliphatic carbocycles.